The molecular formula is C14H30N2O2S. The van der Waals surface area contributed by atoms with Gasteiger partial charge in [-0.15, -0.1) is 0 Å². The molecule has 4 nitrogen and oxygen atoms in total. The molecule has 0 aromatic carbocycles. The van der Waals surface area contributed by atoms with Gasteiger partial charge in [-0.25, -0.2) is 8.42 Å². The molecular weight excluding hydrogens is 260 g/mol. The minimum atomic E-state index is -2.82. The van der Waals surface area contributed by atoms with E-state index in [1.165, 1.54) is 19.1 Å². The zero-order chi connectivity index (χ0) is 14.5. The van der Waals surface area contributed by atoms with Gasteiger partial charge in [0.15, 0.2) is 0 Å². The Kier molecular flexibility index (Phi) is 6.77. The average molecular weight is 290 g/mol. The van der Waals surface area contributed by atoms with Crippen LogP contribution in [-0.2, 0) is 9.84 Å². The Morgan fingerprint density at radius 3 is 2.58 bits per heavy atom. The molecule has 5 heteroatoms. The van der Waals surface area contributed by atoms with Crippen molar-refractivity contribution < 1.29 is 8.42 Å². The molecule has 1 N–H and O–H groups in total. The number of nitrogens with one attached hydrogen (secondary N) is 1. The maximum absolute atomic E-state index is 11.2. The van der Waals surface area contributed by atoms with E-state index in [1.54, 1.807) is 0 Å². The fraction of sp³-hybridized carbons (Fsp3) is 1.00. The number of hydrogen-bond acceptors (Lipinski definition) is 4. The van der Waals surface area contributed by atoms with Gasteiger partial charge in [0.05, 0.1) is 5.75 Å². The van der Waals surface area contributed by atoms with Gasteiger partial charge in [0, 0.05) is 18.3 Å². The largest absolute Gasteiger partial charge is 0.314 e. The van der Waals surface area contributed by atoms with Crippen molar-refractivity contribution in [3.8, 4) is 0 Å². The molecule has 1 fully saturated rings. The molecule has 1 aliphatic heterocycles. The number of nitrogens with zero attached hydrogens (tertiary/aromatic N) is 1. The van der Waals surface area contributed by atoms with Crippen LogP contribution in [0.2, 0.25) is 0 Å². The summed E-state index contributed by atoms with van der Waals surface area (Å²) in [6.45, 7) is 9.85. The van der Waals surface area contributed by atoms with Crippen LogP contribution in [0, 0.1) is 5.92 Å². The Balaban J connectivity index is 2.39. The van der Waals surface area contributed by atoms with E-state index in [9.17, 15) is 8.42 Å². The van der Waals surface area contributed by atoms with Gasteiger partial charge in [-0.3, -0.25) is 0 Å². The van der Waals surface area contributed by atoms with Gasteiger partial charge in [0.1, 0.15) is 9.84 Å². The molecule has 0 bridgehead atoms. The van der Waals surface area contributed by atoms with Crippen molar-refractivity contribution in [2.75, 3.05) is 31.6 Å². The molecule has 0 aliphatic carbocycles. The molecule has 1 aliphatic rings. The highest BCUT2D eigenvalue weighted by Gasteiger charge is 2.31. The second-order valence-electron chi connectivity index (χ2n) is 5.97. The van der Waals surface area contributed by atoms with Crippen LogP contribution in [0.15, 0.2) is 0 Å². The molecule has 0 saturated carbocycles. The monoisotopic (exact) mass is 290 g/mol. The summed E-state index contributed by atoms with van der Waals surface area (Å²) in [5, 5.41) is 3.63. The summed E-state index contributed by atoms with van der Waals surface area (Å²) >= 11 is 0. The highest BCUT2D eigenvalue weighted by atomic mass is 32.2. The first-order valence-corrected chi connectivity index (χ1v) is 9.56. The van der Waals surface area contributed by atoms with Crippen molar-refractivity contribution in [3.05, 3.63) is 0 Å². The topological polar surface area (TPSA) is 49.4 Å². The molecule has 1 heterocycles. The normalized spacial score (nSPS) is 29.6. The van der Waals surface area contributed by atoms with Crippen LogP contribution in [0.3, 0.4) is 0 Å². The van der Waals surface area contributed by atoms with Crippen LogP contribution in [0.1, 0.15) is 40.0 Å². The number of rotatable bonds is 7. The van der Waals surface area contributed by atoms with Crippen molar-refractivity contribution in [1.29, 1.82) is 0 Å². The molecule has 0 spiro atoms. The predicted molar refractivity (Wildman–Crippen MR) is 81.2 cm³/mol. The minimum Gasteiger partial charge on any atom is -0.314 e. The lowest BCUT2D eigenvalue weighted by molar-refractivity contribution is 0.0853. The maximum Gasteiger partial charge on any atom is 0.147 e. The van der Waals surface area contributed by atoms with E-state index in [0.29, 0.717) is 23.8 Å². The van der Waals surface area contributed by atoms with Crippen LogP contribution in [0.5, 0.6) is 0 Å². The molecule has 1 saturated heterocycles. The Morgan fingerprint density at radius 2 is 2.00 bits per heavy atom. The van der Waals surface area contributed by atoms with Crippen LogP contribution in [0.25, 0.3) is 0 Å². The van der Waals surface area contributed by atoms with Crippen LogP contribution >= 0.6 is 0 Å². The third-order valence-corrected chi connectivity index (χ3v) is 5.35. The smallest absolute Gasteiger partial charge is 0.147 e. The quantitative estimate of drug-likeness (QED) is 0.772. The first-order chi connectivity index (χ1) is 8.85. The number of piperidine rings is 1. The molecule has 0 aromatic rings. The summed E-state index contributed by atoms with van der Waals surface area (Å²) in [4.78, 5) is 2.44. The number of sulfone groups is 1. The van der Waals surface area contributed by atoms with E-state index in [4.69, 9.17) is 0 Å². The maximum atomic E-state index is 11.2. The SMILES string of the molecule is CCCNC1CCN(CCCS(C)(=O)=O)C(C)C1C. The lowest BCUT2D eigenvalue weighted by atomic mass is 9.87. The molecule has 3 atom stereocenters. The highest BCUT2D eigenvalue weighted by molar-refractivity contribution is 7.90. The Hall–Kier alpha value is -0.130. The summed E-state index contributed by atoms with van der Waals surface area (Å²) in [5.41, 5.74) is 0. The van der Waals surface area contributed by atoms with Crippen molar-refractivity contribution >= 4 is 9.84 Å². The summed E-state index contributed by atoms with van der Waals surface area (Å²) in [7, 11) is -2.82. The van der Waals surface area contributed by atoms with Gasteiger partial charge in [-0.05, 0) is 51.7 Å². The van der Waals surface area contributed by atoms with Crippen molar-refractivity contribution in [2.24, 2.45) is 5.92 Å². The van der Waals surface area contributed by atoms with Crippen LogP contribution in [0.4, 0.5) is 0 Å². The van der Waals surface area contributed by atoms with Gasteiger partial charge in [-0.1, -0.05) is 13.8 Å². The van der Waals surface area contributed by atoms with Gasteiger partial charge in [0.25, 0.3) is 0 Å². The fourth-order valence-corrected chi connectivity index (χ4v) is 3.56. The summed E-state index contributed by atoms with van der Waals surface area (Å²) < 4.78 is 22.3. The zero-order valence-corrected chi connectivity index (χ0v) is 13.7. The summed E-state index contributed by atoms with van der Waals surface area (Å²) in [6.07, 6.45) is 4.42. The standard InChI is InChI=1S/C14H30N2O2S/c1-5-8-15-14-7-10-16(13(3)12(14)2)9-6-11-19(4,17)18/h12-15H,5-11H2,1-4H3. The number of hydrogen-bond donors (Lipinski definition) is 1. The molecule has 0 aromatic heterocycles. The van der Waals surface area contributed by atoms with E-state index in [2.05, 4.69) is 31.0 Å². The Bertz CT molecular complexity index is 356. The molecule has 0 radical (unpaired) electrons. The third kappa shape index (κ3) is 5.79. The molecule has 114 valence electrons. The van der Waals surface area contributed by atoms with Gasteiger partial charge in [-0.2, -0.15) is 0 Å². The van der Waals surface area contributed by atoms with E-state index < -0.39 is 9.84 Å². The second kappa shape index (κ2) is 7.60. The van der Waals surface area contributed by atoms with Crippen LogP contribution in [-0.4, -0.2) is 57.0 Å². The van der Waals surface area contributed by atoms with E-state index in [-0.39, 0.29) is 0 Å². The lowest BCUT2D eigenvalue weighted by Crippen LogP contribution is -2.53. The van der Waals surface area contributed by atoms with Gasteiger partial charge < -0.3 is 10.2 Å². The average Bonchev–Trinajstić information content (AvgIpc) is 2.32. The van der Waals surface area contributed by atoms with Gasteiger partial charge in [0.2, 0.25) is 0 Å². The summed E-state index contributed by atoms with van der Waals surface area (Å²) in [5.74, 6) is 0.931. The predicted octanol–water partition coefficient (Wildman–Crippen LogP) is 1.52. The third-order valence-electron chi connectivity index (χ3n) is 4.32. The first-order valence-electron chi connectivity index (χ1n) is 7.50. The zero-order valence-electron chi connectivity index (χ0n) is 12.9. The Labute approximate surface area is 118 Å². The molecule has 1 rings (SSSR count). The molecule has 3 unspecified atom stereocenters. The van der Waals surface area contributed by atoms with Crippen molar-refractivity contribution in [3.63, 3.8) is 0 Å². The van der Waals surface area contributed by atoms with E-state index in [0.717, 1.165) is 26.1 Å². The second-order valence-corrected chi connectivity index (χ2v) is 8.23. The van der Waals surface area contributed by atoms with Crippen LogP contribution < -0.4 is 5.32 Å². The lowest BCUT2D eigenvalue weighted by Gasteiger charge is -2.43. The van der Waals surface area contributed by atoms with Gasteiger partial charge >= 0.3 is 0 Å². The number of likely N-dealkylation sites (tertiary alicyclic amines) is 1. The minimum absolute atomic E-state index is 0.308. The van der Waals surface area contributed by atoms with Crippen molar-refractivity contribution in [2.45, 2.75) is 52.1 Å². The highest BCUT2D eigenvalue weighted by Crippen LogP contribution is 2.23. The van der Waals surface area contributed by atoms with E-state index >= 15 is 0 Å². The Morgan fingerprint density at radius 1 is 1.32 bits per heavy atom. The summed E-state index contributed by atoms with van der Waals surface area (Å²) in [6, 6.07) is 1.14. The van der Waals surface area contributed by atoms with E-state index in [1.807, 2.05) is 0 Å². The molecule has 0 amide bonds. The molecule has 19 heavy (non-hydrogen) atoms. The van der Waals surface area contributed by atoms with Crippen molar-refractivity contribution in [1.82, 2.24) is 10.2 Å². The fourth-order valence-electron chi connectivity index (χ4n) is 2.90. The first kappa shape index (κ1) is 16.9.